The van der Waals surface area contributed by atoms with Gasteiger partial charge in [0, 0.05) is 30.7 Å². The SMILES string of the molecule is O=C(Cl)CCC(=O)Nc1ccc([N+](=O)[O-])cc1. The highest BCUT2D eigenvalue weighted by Crippen LogP contribution is 2.15. The fraction of sp³-hybridized carbons (Fsp3) is 0.200. The molecule has 0 spiro atoms. The van der Waals surface area contributed by atoms with E-state index in [0.29, 0.717) is 5.69 Å². The zero-order valence-electron chi connectivity index (χ0n) is 8.68. The Bertz CT molecular complexity index is 444. The lowest BCUT2D eigenvalue weighted by molar-refractivity contribution is -0.384. The zero-order valence-corrected chi connectivity index (χ0v) is 9.44. The first-order valence-electron chi connectivity index (χ1n) is 4.71. The van der Waals surface area contributed by atoms with E-state index < -0.39 is 10.2 Å². The molecule has 6 nitrogen and oxygen atoms in total. The van der Waals surface area contributed by atoms with Gasteiger partial charge in [-0.15, -0.1) is 0 Å². The molecule has 1 aromatic carbocycles. The van der Waals surface area contributed by atoms with Gasteiger partial charge in [0.1, 0.15) is 0 Å². The van der Waals surface area contributed by atoms with Gasteiger partial charge in [-0.05, 0) is 23.7 Å². The van der Waals surface area contributed by atoms with Gasteiger partial charge < -0.3 is 5.32 Å². The van der Waals surface area contributed by atoms with Crippen molar-refractivity contribution in [2.45, 2.75) is 12.8 Å². The lowest BCUT2D eigenvalue weighted by atomic mass is 10.2. The van der Waals surface area contributed by atoms with Crippen LogP contribution in [-0.2, 0) is 9.59 Å². The highest BCUT2D eigenvalue weighted by molar-refractivity contribution is 6.63. The van der Waals surface area contributed by atoms with Crippen molar-refractivity contribution in [3.63, 3.8) is 0 Å². The monoisotopic (exact) mass is 256 g/mol. The van der Waals surface area contributed by atoms with Crippen LogP contribution in [0.5, 0.6) is 0 Å². The lowest BCUT2D eigenvalue weighted by Gasteiger charge is -2.03. The average molecular weight is 257 g/mol. The summed E-state index contributed by atoms with van der Waals surface area (Å²) in [6.45, 7) is 0. The van der Waals surface area contributed by atoms with Crippen molar-refractivity contribution in [3.8, 4) is 0 Å². The van der Waals surface area contributed by atoms with E-state index in [0.717, 1.165) is 0 Å². The van der Waals surface area contributed by atoms with Gasteiger partial charge in [-0.3, -0.25) is 19.7 Å². The summed E-state index contributed by atoms with van der Waals surface area (Å²) in [6.07, 6.45) is -0.0559. The van der Waals surface area contributed by atoms with Crippen molar-refractivity contribution in [3.05, 3.63) is 34.4 Å². The maximum absolute atomic E-state index is 11.3. The molecule has 7 heteroatoms. The summed E-state index contributed by atoms with van der Waals surface area (Å²) in [5.41, 5.74) is 0.376. The highest BCUT2D eigenvalue weighted by Gasteiger charge is 2.07. The Morgan fingerprint density at radius 1 is 1.24 bits per heavy atom. The van der Waals surface area contributed by atoms with Crippen LogP contribution in [-0.4, -0.2) is 16.1 Å². The molecule has 0 aliphatic heterocycles. The van der Waals surface area contributed by atoms with Gasteiger partial charge in [0.05, 0.1) is 4.92 Å². The van der Waals surface area contributed by atoms with Crippen molar-refractivity contribution >= 4 is 34.1 Å². The van der Waals surface area contributed by atoms with Gasteiger partial charge in [-0.1, -0.05) is 0 Å². The van der Waals surface area contributed by atoms with Gasteiger partial charge in [-0.25, -0.2) is 0 Å². The lowest BCUT2D eigenvalue weighted by Crippen LogP contribution is -2.12. The van der Waals surface area contributed by atoms with E-state index in [1.54, 1.807) is 0 Å². The number of hydrogen-bond donors (Lipinski definition) is 1. The number of rotatable bonds is 5. The number of amides is 1. The maximum atomic E-state index is 11.3. The summed E-state index contributed by atoms with van der Waals surface area (Å²) in [7, 11) is 0. The minimum absolute atomic E-state index is 0.0146. The summed E-state index contributed by atoms with van der Waals surface area (Å²) < 4.78 is 0. The second kappa shape index (κ2) is 5.95. The van der Waals surface area contributed by atoms with Crippen LogP contribution in [0, 0.1) is 10.1 Å². The fourth-order valence-corrected chi connectivity index (χ4v) is 1.20. The second-order valence-corrected chi connectivity index (χ2v) is 3.63. The molecule has 0 fully saturated rings. The summed E-state index contributed by atoms with van der Waals surface area (Å²) in [5, 5.41) is 12.3. The first-order valence-corrected chi connectivity index (χ1v) is 5.09. The number of carbonyl (C=O) groups excluding carboxylic acids is 2. The van der Waals surface area contributed by atoms with Crippen LogP contribution in [0.15, 0.2) is 24.3 Å². The smallest absolute Gasteiger partial charge is 0.269 e. The second-order valence-electron chi connectivity index (χ2n) is 3.21. The number of benzene rings is 1. The number of nitrogens with one attached hydrogen (secondary N) is 1. The third kappa shape index (κ3) is 4.60. The molecular formula is C10H9ClN2O4. The summed E-state index contributed by atoms with van der Waals surface area (Å²) in [6, 6.07) is 5.39. The van der Waals surface area contributed by atoms with E-state index in [1.165, 1.54) is 24.3 Å². The van der Waals surface area contributed by atoms with Crippen LogP contribution in [0.2, 0.25) is 0 Å². The third-order valence-corrected chi connectivity index (χ3v) is 2.10. The van der Waals surface area contributed by atoms with Crippen LogP contribution in [0.4, 0.5) is 11.4 Å². The van der Waals surface area contributed by atoms with E-state index in [-0.39, 0.29) is 24.4 Å². The molecule has 0 atom stereocenters. The van der Waals surface area contributed by atoms with E-state index in [1.807, 2.05) is 0 Å². The third-order valence-electron chi connectivity index (χ3n) is 1.91. The summed E-state index contributed by atoms with van der Waals surface area (Å²) >= 11 is 5.09. The number of nitrogens with zero attached hydrogens (tertiary/aromatic N) is 1. The van der Waals surface area contributed by atoms with Crippen molar-refractivity contribution in [1.29, 1.82) is 0 Å². The highest BCUT2D eigenvalue weighted by atomic mass is 35.5. The molecule has 0 aliphatic carbocycles. The molecule has 1 N–H and O–H groups in total. The van der Waals surface area contributed by atoms with Crippen LogP contribution < -0.4 is 5.32 Å². The topological polar surface area (TPSA) is 89.3 Å². The van der Waals surface area contributed by atoms with Gasteiger partial charge in [0.15, 0.2) is 0 Å². The van der Waals surface area contributed by atoms with E-state index >= 15 is 0 Å². The van der Waals surface area contributed by atoms with Crippen LogP contribution in [0.1, 0.15) is 12.8 Å². The van der Waals surface area contributed by atoms with E-state index in [2.05, 4.69) is 5.32 Å². The fourth-order valence-electron chi connectivity index (χ4n) is 1.10. The minimum atomic E-state index is -0.580. The number of nitro benzene ring substituents is 1. The average Bonchev–Trinajstić information content (AvgIpc) is 2.27. The molecule has 0 aromatic heterocycles. The molecule has 90 valence electrons. The number of nitro groups is 1. The molecule has 0 saturated carbocycles. The molecule has 0 radical (unpaired) electrons. The normalized spacial score (nSPS) is 9.71. The molecule has 0 heterocycles. The van der Waals surface area contributed by atoms with Crippen molar-refractivity contribution < 1.29 is 14.5 Å². The summed E-state index contributed by atoms with van der Waals surface area (Å²) in [4.78, 5) is 31.6. The predicted molar refractivity (Wildman–Crippen MR) is 61.8 cm³/mol. The number of halogens is 1. The Labute approximate surface area is 102 Å². The van der Waals surface area contributed by atoms with Gasteiger partial charge in [0.2, 0.25) is 11.1 Å². The summed E-state index contributed by atoms with van der Waals surface area (Å²) in [5.74, 6) is -0.368. The minimum Gasteiger partial charge on any atom is -0.326 e. The largest absolute Gasteiger partial charge is 0.326 e. The zero-order chi connectivity index (χ0) is 12.8. The predicted octanol–water partition coefficient (Wildman–Crippen LogP) is 2.08. The van der Waals surface area contributed by atoms with Gasteiger partial charge >= 0.3 is 0 Å². The standard InChI is InChI=1S/C10H9ClN2O4/c11-9(14)5-6-10(15)12-7-1-3-8(4-2-7)13(16)17/h1-4H,5-6H2,(H,12,15). The molecule has 1 amide bonds. The molecule has 1 rings (SSSR count). The number of hydrogen-bond acceptors (Lipinski definition) is 4. The number of anilines is 1. The molecule has 17 heavy (non-hydrogen) atoms. The van der Waals surface area contributed by atoms with E-state index in [9.17, 15) is 19.7 Å². The molecule has 0 saturated heterocycles. The Balaban J connectivity index is 2.54. The molecular weight excluding hydrogens is 248 g/mol. The first-order chi connectivity index (χ1) is 7.99. The Morgan fingerprint density at radius 3 is 2.29 bits per heavy atom. The Morgan fingerprint density at radius 2 is 1.82 bits per heavy atom. The first kappa shape index (κ1) is 13.1. The van der Waals surface area contributed by atoms with Gasteiger partial charge in [0.25, 0.3) is 5.69 Å². The molecule has 0 bridgehead atoms. The van der Waals surface area contributed by atoms with Crippen molar-refractivity contribution in [2.24, 2.45) is 0 Å². The van der Waals surface area contributed by atoms with E-state index in [4.69, 9.17) is 11.6 Å². The van der Waals surface area contributed by atoms with Crippen LogP contribution in [0.25, 0.3) is 0 Å². The number of carbonyl (C=O) groups is 2. The number of non-ortho nitro benzene ring substituents is 1. The van der Waals surface area contributed by atoms with Crippen LogP contribution in [0.3, 0.4) is 0 Å². The van der Waals surface area contributed by atoms with Gasteiger partial charge in [-0.2, -0.15) is 0 Å². The van der Waals surface area contributed by atoms with Crippen molar-refractivity contribution in [2.75, 3.05) is 5.32 Å². The molecule has 0 unspecified atom stereocenters. The van der Waals surface area contributed by atoms with Crippen molar-refractivity contribution in [1.82, 2.24) is 0 Å². The Hall–Kier alpha value is -1.95. The molecule has 0 aliphatic rings. The maximum Gasteiger partial charge on any atom is 0.269 e. The molecule has 1 aromatic rings. The Kier molecular flexibility index (Phi) is 4.59. The quantitative estimate of drug-likeness (QED) is 0.496. The van der Waals surface area contributed by atoms with Crippen LogP contribution >= 0.6 is 11.6 Å².